The van der Waals surface area contributed by atoms with Gasteiger partial charge >= 0.3 is 0 Å². The summed E-state index contributed by atoms with van der Waals surface area (Å²) in [6, 6.07) is 4.96. The van der Waals surface area contributed by atoms with Gasteiger partial charge in [-0.2, -0.15) is 0 Å². The van der Waals surface area contributed by atoms with Gasteiger partial charge in [-0.15, -0.1) is 0 Å². The summed E-state index contributed by atoms with van der Waals surface area (Å²) in [6.07, 6.45) is 31.0. The smallest absolute Gasteiger partial charge is 0.124 e. The molecule has 0 bridgehead atoms. The van der Waals surface area contributed by atoms with Crippen molar-refractivity contribution >= 4 is 0 Å². The minimum absolute atomic E-state index is 0.598. The molecule has 0 heterocycles. The number of unbranched alkanes of at least 4 members (excludes halogenated alkanes) is 6. The summed E-state index contributed by atoms with van der Waals surface area (Å²) in [5, 5.41) is 12.7. The van der Waals surface area contributed by atoms with E-state index in [1.165, 1.54) is 184 Å². The van der Waals surface area contributed by atoms with Crippen LogP contribution >= 0.6 is 0 Å². The fourth-order valence-electron chi connectivity index (χ4n) is 10.2. The second kappa shape index (κ2) is 37.2. The minimum Gasteiger partial charge on any atom is -0.507 e. The van der Waals surface area contributed by atoms with E-state index in [2.05, 4.69) is 110 Å². The Kier molecular flexibility index (Phi) is 35.3. The second-order valence-corrected chi connectivity index (χ2v) is 20.3. The molecule has 0 amide bonds. The van der Waals surface area contributed by atoms with Crippen LogP contribution in [-0.4, -0.2) is 59.1 Å². The van der Waals surface area contributed by atoms with Gasteiger partial charge in [-0.1, -0.05) is 199 Å². The normalized spacial score (nSPS) is 15.2. The zero-order chi connectivity index (χ0) is 45.3. The van der Waals surface area contributed by atoms with Gasteiger partial charge in [-0.25, -0.2) is 0 Å². The van der Waals surface area contributed by atoms with Crippen LogP contribution in [0, 0.1) is 35.5 Å². The minimum atomic E-state index is 0.598. The summed E-state index contributed by atoms with van der Waals surface area (Å²) in [6.45, 7) is 38.3. The Balaban J connectivity index is 3.97. The van der Waals surface area contributed by atoms with Gasteiger partial charge < -0.3 is 5.11 Å². The predicted molar refractivity (Wildman–Crippen MR) is 274 cm³/mol. The fraction of sp³-hybridized carbons (Fsp3) is 0.895. The monoisotopic (exact) mass is 854 g/mol. The molecule has 1 aromatic rings. The summed E-state index contributed by atoms with van der Waals surface area (Å²) in [5.41, 5.74) is 3.82. The quantitative estimate of drug-likeness (QED) is 0.0710. The Hall–Kier alpha value is -1.10. The van der Waals surface area contributed by atoms with Crippen molar-refractivity contribution in [1.29, 1.82) is 0 Å². The summed E-state index contributed by atoms with van der Waals surface area (Å²) >= 11 is 0. The van der Waals surface area contributed by atoms with Crippen LogP contribution in [0.2, 0.25) is 0 Å². The molecule has 0 saturated heterocycles. The molecule has 0 aliphatic heterocycles. The molecule has 360 valence electrons. The van der Waals surface area contributed by atoms with Crippen LogP contribution < -0.4 is 0 Å². The highest BCUT2D eigenvalue weighted by Gasteiger charge is 2.25. The van der Waals surface area contributed by atoms with Crippen molar-refractivity contribution in [2.45, 2.75) is 257 Å². The van der Waals surface area contributed by atoms with Crippen LogP contribution in [0.1, 0.15) is 254 Å². The summed E-state index contributed by atoms with van der Waals surface area (Å²) in [7, 11) is 0. The average molecular weight is 855 g/mol. The zero-order valence-corrected chi connectivity index (χ0v) is 43.7. The highest BCUT2D eigenvalue weighted by molar-refractivity contribution is 5.44. The Morgan fingerprint density at radius 2 is 0.557 bits per heavy atom. The molecule has 0 saturated carbocycles. The van der Waals surface area contributed by atoms with Crippen LogP contribution in [0.15, 0.2) is 12.1 Å². The predicted octanol–water partition coefficient (Wildman–Crippen LogP) is 17.1. The molecule has 0 aliphatic carbocycles. The first-order chi connectivity index (χ1) is 29.6. The third-order valence-electron chi connectivity index (χ3n) is 14.9. The highest BCUT2D eigenvalue weighted by atomic mass is 16.3. The number of phenols is 1. The molecule has 4 nitrogen and oxygen atoms in total. The van der Waals surface area contributed by atoms with Gasteiger partial charge in [-0.3, -0.25) is 14.7 Å². The zero-order valence-electron chi connectivity index (χ0n) is 43.7. The summed E-state index contributed by atoms with van der Waals surface area (Å²) < 4.78 is 0. The van der Waals surface area contributed by atoms with E-state index in [1.807, 2.05) is 0 Å². The van der Waals surface area contributed by atoms with Crippen molar-refractivity contribution in [3.8, 4) is 5.75 Å². The molecule has 0 fully saturated rings. The molecule has 61 heavy (non-hydrogen) atoms. The molecule has 4 heteroatoms. The van der Waals surface area contributed by atoms with Crippen LogP contribution in [0.5, 0.6) is 5.75 Å². The van der Waals surface area contributed by atoms with E-state index in [-0.39, 0.29) is 0 Å². The van der Waals surface area contributed by atoms with Crippen LogP contribution in [-0.2, 0) is 19.6 Å². The van der Waals surface area contributed by atoms with E-state index in [0.717, 1.165) is 57.6 Å². The lowest BCUT2D eigenvalue weighted by atomic mass is 9.93. The average Bonchev–Trinajstić information content (AvgIpc) is 3.27. The molecular weight excluding hydrogens is 743 g/mol. The van der Waals surface area contributed by atoms with Crippen molar-refractivity contribution < 1.29 is 5.11 Å². The van der Waals surface area contributed by atoms with Gasteiger partial charge in [0.1, 0.15) is 5.75 Å². The van der Waals surface area contributed by atoms with Crippen LogP contribution in [0.3, 0.4) is 0 Å². The largest absolute Gasteiger partial charge is 0.507 e. The van der Waals surface area contributed by atoms with Crippen molar-refractivity contribution in [2.24, 2.45) is 35.5 Å². The van der Waals surface area contributed by atoms with Crippen molar-refractivity contribution in [2.75, 3.05) is 39.3 Å². The summed E-state index contributed by atoms with van der Waals surface area (Å²) in [4.78, 5) is 8.48. The van der Waals surface area contributed by atoms with Gasteiger partial charge in [0, 0.05) is 70.0 Å². The Morgan fingerprint density at radius 3 is 0.754 bits per heavy atom. The number of hydrogen-bond acceptors (Lipinski definition) is 4. The van der Waals surface area contributed by atoms with Gasteiger partial charge in [0.05, 0.1) is 0 Å². The molecular formula is C57H111N3O. The third-order valence-corrected chi connectivity index (χ3v) is 14.9. The van der Waals surface area contributed by atoms with Gasteiger partial charge in [-0.05, 0) is 91.7 Å². The third kappa shape index (κ3) is 25.3. The van der Waals surface area contributed by atoms with E-state index < -0.39 is 0 Å². The molecule has 0 spiro atoms. The summed E-state index contributed by atoms with van der Waals surface area (Å²) in [5.74, 6) is 4.95. The number of nitrogens with zero attached hydrogens (tertiary/aromatic N) is 3. The lowest BCUT2D eigenvalue weighted by Gasteiger charge is -2.33. The maximum atomic E-state index is 12.7. The first-order valence-electron chi connectivity index (χ1n) is 27.6. The number of rotatable bonds is 42. The number of phenolic OH excluding ortho intramolecular Hbond substituents is 1. The topological polar surface area (TPSA) is 30.0 Å². The lowest BCUT2D eigenvalue weighted by Crippen LogP contribution is -2.35. The van der Waals surface area contributed by atoms with E-state index in [9.17, 15) is 5.11 Å². The van der Waals surface area contributed by atoms with E-state index in [4.69, 9.17) is 0 Å². The van der Waals surface area contributed by atoms with Crippen LogP contribution in [0.4, 0.5) is 0 Å². The Bertz CT molecular complexity index is 1020. The van der Waals surface area contributed by atoms with E-state index in [0.29, 0.717) is 29.4 Å². The molecule has 0 aromatic heterocycles. The number of hydrogen-bond donors (Lipinski definition) is 1. The molecule has 0 aliphatic rings. The van der Waals surface area contributed by atoms with E-state index >= 15 is 0 Å². The maximum Gasteiger partial charge on any atom is 0.124 e. The van der Waals surface area contributed by atoms with Crippen LogP contribution in [0.25, 0.3) is 0 Å². The molecule has 0 unspecified atom stereocenters. The van der Waals surface area contributed by atoms with Crippen molar-refractivity contribution in [1.82, 2.24) is 14.7 Å². The van der Waals surface area contributed by atoms with Gasteiger partial charge in [0.2, 0.25) is 0 Å². The molecule has 1 rings (SSSR count). The van der Waals surface area contributed by atoms with Gasteiger partial charge in [0.25, 0.3) is 0 Å². The highest BCUT2D eigenvalue weighted by Crippen LogP contribution is 2.32. The molecule has 1 N–H and O–H groups in total. The first kappa shape index (κ1) is 57.9. The van der Waals surface area contributed by atoms with Crippen molar-refractivity contribution in [3.63, 3.8) is 0 Å². The van der Waals surface area contributed by atoms with Crippen molar-refractivity contribution in [3.05, 3.63) is 28.8 Å². The SMILES string of the molecule is CCCC[C@H](CC)CN(Cc1cc(CN(C[C@@H](CC)CCCC)C[C@@H](CC)CCCC)c(O)c(CN(C[C@@H](CC)CCCC)C[C@@H](CC)CCCC)c1)C[C@@H](CC)CCCC. The molecule has 6 atom stereocenters. The maximum absolute atomic E-state index is 12.7. The first-order valence-corrected chi connectivity index (χ1v) is 27.6. The Labute approximate surface area is 384 Å². The van der Waals surface area contributed by atoms with E-state index in [1.54, 1.807) is 0 Å². The molecule has 1 aromatic carbocycles. The second-order valence-electron chi connectivity index (χ2n) is 20.3. The van der Waals surface area contributed by atoms with Gasteiger partial charge in [0.15, 0.2) is 0 Å². The molecule has 0 radical (unpaired) electrons. The number of benzene rings is 1. The standard InChI is InChI=1S/C57H111N3O/c1-13-25-31-48(19-7)39-58(40-49(20-8)32-26-14-2)45-54-37-55(46-59(41-50(21-9)33-27-15-3)42-51(22-10)34-28-16-4)57(61)56(38-54)47-60(43-52(23-11)35-29-17-5)44-53(24-12)36-30-18-6/h37-38,48-53,61H,13-36,39-47H2,1-12H3/t48-,49-,50-,51-,52-,53-/m0/s1. The lowest BCUT2D eigenvalue weighted by molar-refractivity contribution is 0.167. The Morgan fingerprint density at radius 1 is 0.344 bits per heavy atom. The fourth-order valence-corrected chi connectivity index (χ4v) is 10.2. The number of aromatic hydroxyl groups is 1.